The second-order valence-corrected chi connectivity index (χ2v) is 22.3. The Hall–Kier alpha value is -8.71. The fraction of sp³-hybridized carbons (Fsp3) is 0.589. The lowest BCUT2D eigenvalue weighted by atomic mass is 9.60. The molecule has 5 aliphatic rings. The number of hydrogen-bond acceptors (Lipinski definition) is 25. The lowest BCUT2D eigenvalue weighted by Crippen LogP contribution is -2.66. The molecule has 0 saturated carbocycles. The van der Waals surface area contributed by atoms with Gasteiger partial charge in [0.05, 0.1) is 11.2 Å². The predicted molar refractivity (Wildman–Crippen MR) is 295 cm³/mol. The van der Waals surface area contributed by atoms with E-state index in [0.29, 0.717) is 42.6 Å². The summed E-state index contributed by atoms with van der Waals surface area (Å²) in [5, 5.41) is 85.1. The molecular weight excluding hydrogens is 1160 g/mol. The number of nitro groups is 4. The Bertz CT molecular complexity index is 3080. The average Bonchev–Trinajstić information content (AvgIpc) is 1.58. The van der Waals surface area contributed by atoms with Crippen LogP contribution in [0.25, 0.3) is 6.08 Å². The minimum Gasteiger partial charge on any atom is -0.506 e. The summed E-state index contributed by atoms with van der Waals surface area (Å²) < 4.78 is 45.3. The van der Waals surface area contributed by atoms with E-state index in [4.69, 9.17) is 37.9 Å². The molecular formula is C56H70N4O27. The first kappa shape index (κ1) is 69.1. The van der Waals surface area contributed by atoms with Gasteiger partial charge in [-0.15, -0.1) is 0 Å². The Kier molecular flexibility index (Phi) is 22.7. The SMILES string of the molecule is CC(C)=CCCC1(C)C=Cc2c(O)c3c(c(CC=C(C)C)c2O1)OC12C(=CCCC1C(C)(C)OC2(CC=C(C)C(=O)O)C(=O)O)C3=O.O=C(CC[N+](=O)[O-])OCC1OC(O)C(OC(=O)CC[N+](=O)[O-])C(OC(=O)CC[N+](=O)[O-])C1OC(=O)CC[N+](=O)[O-]. The van der Waals surface area contributed by atoms with Crippen LogP contribution in [0.15, 0.2) is 52.7 Å². The van der Waals surface area contributed by atoms with Crippen LogP contribution in [0.5, 0.6) is 17.2 Å². The normalized spacial score (nSPS) is 25.4. The van der Waals surface area contributed by atoms with Crippen LogP contribution in [0.1, 0.15) is 135 Å². The number of esters is 4. The number of nitrogens with zero attached hydrogens (tertiary/aromatic N) is 4. The van der Waals surface area contributed by atoms with Crippen molar-refractivity contribution in [3.8, 4) is 17.2 Å². The lowest BCUT2D eigenvalue weighted by Gasteiger charge is -2.50. The Morgan fingerprint density at radius 3 is 1.77 bits per heavy atom. The van der Waals surface area contributed by atoms with Gasteiger partial charge in [0.15, 0.2) is 36.0 Å². The van der Waals surface area contributed by atoms with Gasteiger partial charge < -0.3 is 58.3 Å². The summed E-state index contributed by atoms with van der Waals surface area (Å²) in [6, 6.07) is 0. The van der Waals surface area contributed by atoms with E-state index in [9.17, 15) is 94.4 Å². The molecule has 6 rings (SSSR count). The molecule has 2 saturated heterocycles. The number of carboxylic acid groups (broad SMARTS) is 2. The van der Waals surface area contributed by atoms with Crippen molar-refractivity contribution in [3.05, 3.63) is 110 Å². The molecule has 0 amide bonds. The number of ketones is 1. The molecule has 0 radical (unpaired) electrons. The van der Waals surface area contributed by atoms with Crippen molar-refractivity contribution >= 4 is 47.7 Å². The molecule has 31 nitrogen and oxygen atoms in total. The van der Waals surface area contributed by atoms with Crippen LogP contribution in [0.2, 0.25) is 0 Å². The fourth-order valence-corrected chi connectivity index (χ4v) is 10.7. The third-order valence-corrected chi connectivity index (χ3v) is 14.9. The van der Waals surface area contributed by atoms with Crippen molar-refractivity contribution in [2.75, 3.05) is 32.8 Å². The van der Waals surface area contributed by atoms with Gasteiger partial charge in [0.25, 0.3) is 0 Å². The Morgan fingerprint density at radius 1 is 0.724 bits per heavy atom. The number of phenols is 1. The Balaban J connectivity index is 0.000000322. The molecule has 476 valence electrons. The molecule has 1 aliphatic carbocycles. The van der Waals surface area contributed by atoms with Crippen molar-refractivity contribution in [3.63, 3.8) is 0 Å². The molecule has 4 aliphatic heterocycles. The quantitative estimate of drug-likeness (QED) is 0.0232. The Morgan fingerprint density at radius 2 is 1.25 bits per heavy atom. The van der Waals surface area contributed by atoms with Gasteiger partial charge in [0.2, 0.25) is 31.8 Å². The van der Waals surface area contributed by atoms with E-state index in [1.165, 1.54) is 18.6 Å². The monoisotopic (exact) mass is 1230 g/mol. The maximum absolute atomic E-state index is 14.7. The Labute approximate surface area is 496 Å². The molecule has 0 bridgehead atoms. The summed E-state index contributed by atoms with van der Waals surface area (Å²) in [4.78, 5) is 127. The largest absolute Gasteiger partial charge is 0.506 e. The van der Waals surface area contributed by atoms with Gasteiger partial charge in [-0.3, -0.25) is 64.4 Å². The molecule has 87 heavy (non-hydrogen) atoms. The first-order chi connectivity index (χ1) is 40.6. The number of phenolic OH excluding ortho intramolecular Hbond substituents is 1. The lowest BCUT2D eigenvalue weighted by molar-refractivity contribution is -0.479. The molecule has 4 N–H and O–H groups in total. The summed E-state index contributed by atoms with van der Waals surface area (Å²) >= 11 is 0. The topological polar surface area (TPSA) is 447 Å². The summed E-state index contributed by atoms with van der Waals surface area (Å²) in [5.41, 5.74) is -2.67. The molecule has 1 spiro atoms. The van der Waals surface area contributed by atoms with Gasteiger partial charge in [-0.1, -0.05) is 35.5 Å². The molecule has 4 heterocycles. The zero-order valence-corrected chi connectivity index (χ0v) is 49.0. The number of aliphatic hydroxyl groups excluding tert-OH is 1. The van der Waals surface area contributed by atoms with E-state index in [1.54, 1.807) is 26.0 Å². The number of fused-ring (bicyclic) bond motifs is 2. The van der Waals surface area contributed by atoms with Crippen LogP contribution in [0, 0.1) is 46.4 Å². The molecule has 31 heteroatoms. The van der Waals surface area contributed by atoms with Crippen molar-refractivity contribution in [2.24, 2.45) is 5.92 Å². The van der Waals surface area contributed by atoms with Crippen LogP contribution in [0.4, 0.5) is 0 Å². The van der Waals surface area contributed by atoms with Crippen molar-refractivity contribution in [2.45, 2.75) is 173 Å². The number of hydrogen-bond donors (Lipinski definition) is 4. The molecule has 2 fully saturated rings. The van der Waals surface area contributed by atoms with Crippen molar-refractivity contribution in [1.82, 2.24) is 0 Å². The highest BCUT2D eigenvalue weighted by atomic mass is 16.7. The van der Waals surface area contributed by atoms with Gasteiger partial charge in [-0.25, -0.2) is 9.59 Å². The number of benzene rings is 1. The number of carboxylic acids is 2. The van der Waals surface area contributed by atoms with E-state index >= 15 is 0 Å². The van der Waals surface area contributed by atoms with E-state index in [-0.39, 0.29) is 34.6 Å². The minimum atomic E-state index is -2.22. The maximum Gasteiger partial charge on any atom is 0.340 e. The van der Waals surface area contributed by atoms with Crippen LogP contribution in [-0.2, 0) is 63.6 Å². The molecule has 1 aromatic rings. The highest BCUT2D eigenvalue weighted by molar-refractivity contribution is 6.17. The summed E-state index contributed by atoms with van der Waals surface area (Å²) in [7, 11) is 0. The highest BCUT2D eigenvalue weighted by Gasteiger charge is 2.77. The summed E-state index contributed by atoms with van der Waals surface area (Å²) in [6.45, 7) is 10.4. The fourth-order valence-electron chi connectivity index (χ4n) is 10.7. The van der Waals surface area contributed by atoms with E-state index in [2.05, 4.69) is 6.08 Å². The number of carbonyl (C=O) groups excluding carboxylic acids is 5. The third-order valence-electron chi connectivity index (χ3n) is 14.9. The van der Waals surface area contributed by atoms with Crippen LogP contribution in [0.3, 0.4) is 0 Å². The van der Waals surface area contributed by atoms with E-state index in [0.717, 1.165) is 12.0 Å². The third kappa shape index (κ3) is 16.4. The van der Waals surface area contributed by atoms with Gasteiger partial charge in [-0.05, 0) is 99.6 Å². The zero-order chi connectivity index (χ0) is 65.1. The van der Waals surface area contributed by atoms with Gasteiger partial charge in [0.1, 0.15) is 66.8 Å². The molecule has 1 aromatic carbocycles. The number of ether oxygens (including phenoxy) is 8. The second-order valence-electron chi connectivity index (χ2n) is 22.3. The number of aliphatic carboxylic acids is 2. The number of rotatable bonds is 26. The summed E-state index contributed by atoms with van der Waals surface area (Å²) in [6.07, 6.45) is -0.0520. The zero-order valence-electron chi connectivity index (χ0n) is 49.0. The molecule has 9 atom stereocenters. The first-order valence-electron chi connectivity index (χ1n) is 27.5. The molecule has 0 aromatic heterocycles. The van der Waals surface area contributed by atoms with Crippen molar-refractivity contribution < 1.29 is 112 Å². The molecule has 9 unspecified atom stereocenters. The highest BCUT2D eigenvalue weighted by Crippen LogP contribution is 2.64. The summed E-state index contributed by atoms with van der Waals surface area (Å²) in [5.74, 6) is -8.59. The number of aliphatic hydroxyl groups is 1. The minimum absolute atomic E-state index is 0.0407. The standard InChI is InChI=1S/C38H46O9.C18H24N4O18/c1-21(2)11-10-18-36(8)19-17-24-29(39)28-30(40)26-12-9-13-27-35(6,7)47-37(34(43)44,20-16-23(5)33(41)42)38(26,27)46-32(28)25(31(24)45-36)15-14-22(3)4;23-11(1-5-19(28)29)36-9-10-15(38-12(24)2-6-20(30)31)16(39-13(25)3-7-21(32)33)17(18(27)37-10)40-14(26)4-8-22(34)35/h11-12,14,16-17,19,27,39H,9-10,13,15,18,20H2,1-8H3,(H,41,42)(H,43,44);10,15-18,27H,1-9H2. The number of aromatic hydroxyl groups is 1. The predicted octanol–water partition coefficient (Wildman–Crippen LogP) is 5.16. The van der Waals surface area contributed by atoms with Gasteiger partial charge in [0, 0.05) is 48.7 Å². The average molecular weight is 1230 g/mol. The number of allylic oxidation sites excluding steroid dienone is 5. The van der Waals surface area contributed by atoms with Gasteiger partial charge in [-0.2, -0.15) is 0 Å². The number of Topliss-reactive ketones (excluding diaryl/α,β-unsaturated/α-hetero) is 1. The smallest absolute Gasteiger partial charge is 0.340 e. The van der Waals surface area contributed by atoms with E-state index < -0.39 is 179 Å². The van der Waals surface area contributed by atoms with Crippen LogP contribution >= 0.6 is 0 Å². The van der Waals surface area contributed by atoms with Crippen LogP contribution < -0.4 is 9.47 Å². The maximum atomic E-state index is 14.7. The van der Waals surface area contributed by atoms with Crippen LogP contribution in [-0.4, -0.2) is 168 Å². The second kappa shape index (κ2) is 28.7. The number of carbonyl (C=O) groups is 7. The first-order valence-corrected chi connectivity index (χ1v) is 27.5. The van der Waals surface area contributed by atoms with Crippen molar-refractivity contribution in [1.29, 1.82) is 0 Å². The van der Waals surface area contributed by atoms with Gasteiger partial charge >= 0.3 is 35.8 Å². The van der Waals surface area contributed by atoms with E-state index in [1.807, 2.05) is 46.8 Å².